The molecule has 0 saturated carbocycles. The zero-order valence-electron chi connectivity index (χ0n) is 12.4. The molecule has 6 heteroatoms. The molecule has 0 aromatic heterocycles. The van der Waals surface area contributed by atoms with E-state index in [0.29, 0.717) is 0 Å². The summed E-state index contributed by atoms with van der Waals surface area (Å²) >= 11 is 0. The molecule has 2 rings (SSSR count). The summed E-state index contributed by atoms with van der Waals surface area (Å²) in [5.41, 5.74) is -1.75. The van der Waals surface area contributed by atoms with Gasteiger partial charge in [-0.2, -0.15) is 0 Å². The second-order valence-corrected chi connectivity index (χ2v) is 5.40. The number of carbonyl (C=O) groups is 2. The van der Waals surface area contributed by atoms with Crippen LogP contribution in [0.5, 0.6) is 0 Å². The van der Waals surface area contributed by atoms with Gasteiger partial charge in [0, 0.05) is 13.8 Å². The van der Waals surface area contributed by atoms with E-state index in [0.717, 1.165) is 5.56 Å². The van der Waals surface area contributed by atoms with Gasteiger partial charge in [-0.1, -0.05) is 36.4 Å². The Morgan fingerprint density at radius 2 is 1.77 bits per heavy atom. The monoisotopic (exact) mass is 306 g/mol. The molecule has 0 radical (unpaired) electrons. The molecule has 1 atom stereocenters. The summed E-state index contributed by atoms with van der Waals surface area (Å²) in [5.74, 6) is -3.66. The summed E-state index contributed by atoms with van der Waals surface area (Å²) in [4.78, 5) is 24.1. The van der Waals surface area contributed by atoms with Crippen LogP contribution in [0.4, 0.5) is 0 Å². The van der Waals surface area contributed by atoms with Gasteiger partial charge in [-0.3, -0.25) is 0 Å². The minimum atomic E-state index is -2.56. The minimum Gasteiger partial charge on any atom is -0.420 e. The van der Waals surface area contributed by atoms with Crippen molar-refractivity contribution in [1.82, 2.24) is 0 Å². The highest BCUT2D eigenvalue weighted by Gasteiger charge is 2.60. The zero-order chi connectivity index (χ0) is 16.4. The van der Waals surface area contributed by atoms with Gasteiger partial charge in [0.2, 0.25) is 0 Å². The first-order valence-corrected chi connectivity index (χ1v) is 6.77. The van der Waals surface area contributed by atoms with Crippen molar-refractivity contribution in [3.05, 3.63) is 48.6 Å². The Labute approximate surface area is 128 Å². The van der Waals surface area contributed by atoms with Crippen LogP contribution in [-0.2, 0) is 30.4 Å². The molecule has 0 amide bonds. The van der Waals surface area contributed by atoms with Crippen molar-refractivity contribution in [2.24, 2.45) is 0 Å². The van der Waals surface area contributed by atoms with Gasteiger partial charge in [0.05, 0.1) is 6.61 Å². The maximum Gasteiger partial charge on any atom is 0.356 e. The van der Waals surface area contributed by atoms with E-state index in [1.165, 1.54) is 19.9 Å². The lowest BCUT2D eigenvalue weighted by molar-refractivity contribution is -0.269. The number of rotatable bonds is 5. The molecule has 0 spiro atoms. The van der Waals surface area contributed by atoms with Gasteiger partial charge in [0.15, 0.2) is 0 Å². The molecule has 1 aliphatic heterocycles. The van der Waals surface area contributed by atoms with Crippen molar-refractivity contribution >= 4 is 11.9 Å². The average molecular weight is 306 g/mol. The fourth-order valence-corrected chi connectivity index (χ4v) is 2.06. The molecule has 1 aromatic carbocycles. The normalized spacial score (nSPS) is 20.7. The lowest BCUT2D eigenvalue weighted by Gasteiger charge is -2.39. The summed E-state index contributed by atoms with van der Waals surface area (Å²) in [6, 6.07) is 9.11. The molecule has 0 aliphatic carbocycles. The highest BCUT2D eigenvalue weighted by atomic mass is 16.8. The van der Waals surface area contributed by atoms with E-state index >= 15 is 0 Å². The number of ether oxygens (including phenoxy) is 3. The first kappa shape index (κ1) is 16.2. The lowest BCUT2D eigenvalue weighted by atomic mass is 9.95. The lowest BCUT2D eigenvalue weighted by Crippen LogP contribution is -2.64. The van der Waals surface area contributed by atoms with Gasteiger partial charge in [-0.15, -0.1) is 6.58 Å². The number of hydrogen-bond acceptors (Lipinski definition) is 6. The van der Waals surface area contributed by atoms with E-state index in [9.17, 15) is 14.7 Å². The van der Waals surface area contributed by atoms with E-state index < -0.39 is 29.4 Å². The predicted octanol–water partition coefficient (Wildman–Crippen LogP) is 1.32. The number of hydrogen-bond donors (Lipinski definition) is 1. The van der Waals surface area contributed by atoms with Gasteiger partial charge < -0.3 is 19.3 Å². The van der Waals surface area contributed by atoms with E-state index in [4.69, 9.17) is 14.2 Å². The van der Waals surface area contributed by atoms with Crippen molar-refractivity contribution < 1.29 is 28.9 Å². The van der Waals surface area contributed by atoms with E-state index in [2.05, 4.69) is 6.58 Å². The largest absolute Gasteiger partial charge is 0.420 e. The molecule has 1 aliphatic rings. The van der Waals surface area contributed by atoms with E-state index in [1.807, 2.05) is 30.3 Å². The van der Waals surface area contributed by atoms with Gasteiger partial charge >= 0.3 is 11.9 Å². The Balaban J connectivity index is 2.17. The van der Waals surface area contributed by atoms with Crippen LogP contribution < -0.4 is 0 Å². The summed E-state index contributed by atoms with van der Waals surface area (Å²) in [7, 11) is 0. The first-order chi connectivity index (χ1) is 10.3. The van der Waals surface area contributed by atoms with Gasteiger partial charge in [0.25, 0.3) is 11.4 Å². The Hall–Kier alpha value is -2.18. The van der Waals surface area contributed by atoms with Gasteiger partial charge in [-0.05, 0) is 5.56 Å². The Morgan fingerprint density at radius 3 is 2.27 bits per heavy atom. The maximum atomic E-state index is 12.1. The summed E-state index contributed by atoms with van der Waals surface area (Å²) in [5, 5.41) is 10.4. The molecule has 22 heavy (non-hydrogen) atoms. The third-order valence-corrected chi connectivity index (χ3v) is 3.20. The molecule has 1 heterocycles. The predicted molar refractivity (Wildman–Crippen MR) is 76.4 cm³/mol. The maximum absolute atomic E-state index is 12.1. The fraction of sp³-hybridized carbons (Fsp3) is 0.375. The zero-order valence-corrected chi connectivity index (χ0v) is 12.4. The third kappa shape index (κ3) is 3.03. The average Bonchev–Trinajstić information content (AvgIpc) is 2.46. The number of esters is 2. The molecule has 0 bridgehead atoms. The van der Waals surface area contributed by atoms with Crippen molar-refractivity contribution in [3.8, 4) is 0 Å². The van der Waals surface area contributed by atoms with E-state index in [1.54, 1.807) is 0 Å². The van der Waals surface area contributed by atoms with Crippen molar-refractivity contribution in [1.29, 1.82) is 0 Å². The highest BCUT2D eigenvalue weighted by molar-refractivity contribution is 6.06. The summed E-state index contributed by atoms with van der Waals surface area (Å²) in [6.07, 6.45) is -0.118. The van der Waals surface area contributed by atoms with Crippen molar-refractivity contribution in [2.75, 3.05) is 0 Å². The fourth-order valence-electron chi connectivity index (χ4n) is 2.06. The molecule has 1 N–H and O–H groups in total. The number of aliphatic hydroxyl groups is 1. The minimum absolute atomic E-state index is 0.0871. The van der Waals surface area contributed by atoms with Crippen LogP contribution in [0, 0.1) is 0 Å². The molecular formula is C16H18O6. The highest BCUT2D eigenvalue weighted by Crippen LogP contribution is 2.30. The number of cyclic esters (lactones) is 2. The van der Waals surface area contributed by atoms with Gasteiger partial charge in [-0.25, -0.2) is 9.59 Å². The molecule has 1 aromatic rings. The molecular weight excluding hydrogens is 288 g/mol. The Kier molecular flexibility index (Phi) is 4.35. The second kappa shape index (κ2) is 5.90. The Bertz CT molecular complexity index is 558. The van der Waals surface area contributed by atoms with Crippen LogP contribution >= 0.6 is 0 Å². The second-order valence-electron chi connectivity index (χ2n) is 5.40. The van der Waals surface area contributed by atoms with Crippen molar-refractivity contribution in [3.63, 3.8) is 0 Å². The van der Waals surface area contributed by atoms with Gasteiger partial charge in [0.1, 0.15) is 6.10 Å². The van der Waals surface area contributed by atoms with Crippen LogP contribution in [0.15, 0.2) is 43.0 Å². The first-order valence-electron chi connectivity index (χ1n) is 6.77. The SMILES string of the molecule is C=CC(OCc1ccccc1)C1(O)C(=O)OC(C)(C)OC1=O. The topological polar surface area (TPSA) is 82.1 Å². The standard InChI is InChI=1S/C16H18O6/c1-4-12(20-10-11-8-6-5-7-9-11)16(19)13(17)21-15(2,3)22-14(16)18/h4-9,12,19H,1,10H2,2-3H3. The van der Waals surface area contributed by atoms with Crippen molar-refractivity contribution in [2.45, 2.75) is 37.9 Å². The van der Waals surface area contributed by atoms with Crippen LogP contribution in [0.2, 0.25) is 0 Å². The quantitative estimate of drug-likeness (QED) is 0.502. The van der Waals surface area contributed by atoms with Crippen LogP contribution in [0.1, 0.15) is 19.4 Å². The van der Waals surface area contributed by atoms with Crippen LogP contribution in [0.3, 0.4) is 0 Å². The van der Waals surface area contributed by atoms with Crippen LogP contribution in [0.25, 0.3) is 0 Å². The third-order valence-electron chi connectivity index (χ3n) is 3.20. The molecule has 118 valence electrons. The molecule has 1 unspecified atom stereocenters. The Morgan fingerprint density at radius 1 is 1.23 bits per heavy atom. The molecule has 1 fully saturated rings. The molecule has 6 nitrogen and oxygen atoms in total. The smallest absolute Gasteiger partial charge is 0.356 e. The van der Waals surface area contributed by atoms with Crippen LogP contribution in [-0.4, -0.2) is 34.5 Å². The summed E-state index contributed by atoms with van der Waals surface area (Å²) < 4.78 is 15.3. The summed E-state index contributed by atoms with van der Waals surface area (Å²) in [6.45, 7) is 6.38. The number of carbonyl (C=O) groups excluding carboxylic acids is 2. The number of benzene rings is 1. The molecule has 1 saturated heterocycles. The van der Waals surface area contributed by atoms with E-state index in [-0.39, 0.29) is 6.61 Å².